The molecule has 0 bridgehead atoms. The summed E-state index contributed by atoms with van der Waals surface area (Å²) in [5.74, 6) is 1.07. The van der Waals surface area contributed by atoms with Gasteiger partial charge in [0.1, 0.15) is 11.5 Å². The molecule has 5 rings (SSSR count). The Morgan fingerprint density at radius 2 is 1.93 bits per heavy atom. The molecular formula is C21H22N6. The van der Waals surface area contributed by atoms with Crippen molar-refractivity contribution in [3.05, 3.63) is 60.4 Å². The molecule has 0 aliphatic heterocycles. The summed E-state index contributed by atoms with van der Waals surface area (Å²) in [6.07, 6.45) is 10.3. The molecule has 6 nitrogen and oxygen atoms in total. The number of hydrogen-bond acceptors (Lipinski definition) is 4. The highest BCUT2D eigenvalue weighted by atomic mass is 15.4. The Bertz CT molecular complexity index is 1120. The van der Waals surface area contributed by atoms with Gasteiger partial charge in [0, 0.05) is 41.5 Å². The van der Waals surface area contributed by atoms with E-state index in [1.165, 1.54) is 18.4 Å². The average Bonchev–Trinajstić information content (AvgIpc) is 3.06. The summed E-state index contributed by atoms with van der Waals surface area (Å²) in [6, 6.07) is 8.31. The van der Waals surface area contributed by atoms with Crippen molar-refractivity contribution in [1.82, 2.24) is 29.5 Å². The van der Waals surface area contributed by atoms with Crippen LogP contribution in [-0.2, 0) is 13.1 Å². The molecular weight excluding hydrogens is 336 g/mol. The lowest BCUT2D eigenvalue weighted by atomic mass is 10.0. The normalized spacial score (nSPS) is 15.3. The van der Waals surface area contributed by atoms with E-state index in [-0.39, 0.29) is 5.41 Å². The smallest absolute Gasteiger partial charge is 0.113 e. The zero-order valence-corrected chi connectivity index (χ0v) is 15.6. The van der Waals surface area contributed by atoms with E-state index in [9.17, 15) is 0 Å². The zero-order chi connectivity index (χ0) is 18.4. The molecule has 1 saturated carbocycles. The number of hydrogen-bond donors (Lipinski definition) is 0. The Balaban J connectivity index is 1.43. The first-order chi connectivity index (χ1) is 13.1. The quantitative estimate of drug-likeness (QED) is 0.545. The van der Waals surface area contributed by atoms with E-state index < -0.39 is 0 Å². The van der Waals surface area contributed by atoms with Crippen LogP contribution in [0.5, 0.6) is 0 Å². The van der Waals surface area contributed by atoms with Gasteiger partial charge in [0.15, 0.2) is 0 Å². The number of aromatic nitrogens is 6. The van der Waals surface area contributed by atoms with Gasteiger partial charge in [0.05, 0.1) is 18.3 Å². The highest BCUT2D eigenvalue weighted by molar-refractivity contribution is 5.95. The largest absolute Gasteiger partial charge is 0.335 e. The highest BCUT2D eigenvalue weighted by Gasteiger charge is 2.43. The fraction of sp³-hybridized carbons (Fsp3) is 0.333. The number of rotatable bonds is 5. The zero-order valence-electron chi connectivity index (χ0n) is 15.6. The SMILES string of the molecule is Cc1ccc(-c2cn(CC3(Cn4ccnc4C)CC3)nn2)c2cccnc12. The molecule has 1 aliphatic carbocycles. The van der Waals surface area contributed by atoms with Crippen molar-refractivity contribution < 1.29 is 0 Å². The standard InChI is InChI=1S/C21H22N6/c1-15-5-6-17(18-4-3-9-23-20(15)18)19-12-27(25-24-19)14-21(7-8-21)13-26-11-10-22-16(26)2/h3-6,9-12H,7-8,13-14H2,1-2H3. The molecule has 3 heterocycles. The first-order valence-electron chi connectivity index (χ1n) is 9.36. The van der Waals surface area contributed by atoms with Crippen molar-refractivity contribution in [2.24, 2.45) is 5.41 Å². The van der Waals surface area contributed by atoms with Gasteiger partial charge in [0.2, 0.25) is 0 Å². The number of imidazole rings is 1. The first-order valence-corrected chi connectivity index (χ1v) is 9.36. The molecule has 1 aliphatic rings. The molecule has 3 aromatic heterocycles. The molecule has 27 heavy (non-hydrogen) atoms. The summed E-state index contributed by atoms with van der Waals surface area (Å²) in [5, 5.41) is 10.0. The van der Waals surface area contributed by atoms with Crippen molar-refractivity contribution >= 4 is 10.9 Å². The third kappa shape index (κ3) is 2.91. The van der Waals surface area contributed by atoms with Gasteiger partial charge >= 0.3 is 0 Å². The van der Waals surface area contributed by atoms with Crippen LogP contribution in [0.25, 0.3) is 22.2 Å². The van der Waals surface area contributed by atoms with Gasteiger partial charge in [0.25, 0.3) is 0 Å². The van der Waals surface area contributed by atoms with E-state index in [2.05, 4.69) is 69.3 Å². The molecule has 0 saturated heterocycles. The van der Waals surface area contributed by atoms with E-state index in [1.54, 1.807) is 0 Å². The van der Waals surface area contributed by atoms with Crippen molar-refractivity contribution in [3.63, 3.8) is 0 Å². The second-order valence-corrected chi connectivity index (χ2v) is 7.73. The summed E-state index contributed by atoms with van der Waals surface area (Å²) < 4.78 is 4.24. The van der Waals surface area contributed by atoms with Crippen LogP contribution in [0, 0.1) is 19.3 Å². The van der Waals surface area contributed by atoms with E-state index in [4.69, 9.17) is 0 Å². The van der Waals surface area contributed by atoms with E-state index in [0.29, 0.717) is 0 Å². The van der Waals surface area contributed by atoms with Crippen LogP contribution in [0.15, 0.2) is 49.1 Å². The van der Waals surface area contributed by atoms with Gasteiger partial charge in [-0.25, -0.2) is 4.98 Å². The summed E-state index contributed by atoms with van der Waals surface area (Å²) in [7, 11) is 0. The van der Waals surface area contributed by atoms with Gasteiger partial charge in [-0.05, 0) is 38.3 Å². The average molecular weight is 358 g/mol. The number of nitrogens with zero attached hydrogens (tertiary/aromatic N) is 6. The van der Waals surface area contributed by atoms with Gasteiger partial charge in [-0.3, -0.25) is 9.67 Å². The molecule has 1 aromatic carbocycles. The summed E-state index contributed by atoms with van der Waals surface area (Å²) in [6.45, 7) is 6.02. The number of benzene rings is 1. The molecule has 6 heteroatoms. The Kier molecular flexibility index (Phi) is 3.60. The number of pyridine rings is 1. The molecule has 0 atom stereocenters. The van der Waals surface area contributed by atoms with Crippen molar-refractivity contribution in [2.45, 2.75) is 39.8 Å². The summed E-state index contributed by atoms with van der Waals surface area (Å²) in [5.41, 5.74) is 4.47. The second-order valence-electron chi connectivity index (χ2n) is 7.73. The Hall–Kier alpha value is -3.02. The highest BCUT2D eigenvalue weighted by Crippen LogP contribution is 2.48. The minimum atomic E-state index is 0.271. The van der Waals surface area contributed by atoms with Crippen LogP contribution < -0.4 is 0 Å². The fourth-order valence-corrected chi connectivity index (χ4v) is 3.86. The van der Waals surface area contributed by atoms with Gasteiger partial charge < -0.3 is 4.57 Å². The lowest BCUT2D eigenvalue weighted by Crippen LogP contribution is -2.19. The van der Waals surface area contributed by atoms with Crippen LogP contribution in [0.2, 0.25) is 0 Å². The van der Waals surface area contributed by atoms with Crippen LogP contribution in [-0.4, -0.2) is 29.5 Å². The lowest BCUT2D eigenvalue weighted by molar-refractivity contribution is 0.338. The van der Waals surface area contributed by atoms with Crippen molar-refractivity contribution in [1.29, 1.82) is 0 Å². The molecule has 4 aromatic rings. The predicted molar refractivity (Wildman–Crippen MR) is 104 cm³/mol. The van der Waals surface area contributed by atoms with Gasteiger partial charge in [-0.1, -0.05) is 23.4 Å². The summed E-state index contributed by atoms with van der Waals surface area (Å²) >= 11 is 0. The molecule has 0 radical (unpaired) electrons. The molecule has 0 amide bonds. The molecule has 0 unspecified atom stereocenters. The lowest BCUT2D eigenvalue weighted by Gasteiger charge is -2.16. The number of fused-ring (bicyclic) bond motifs is 1. The van der Waals surface area contributed by atoms with Crippen LogP contribution in [0.4, 0.5) is 0 Å². The maximum absolute atomic E-state index is 4.53. The Labute approximate surface area is 157 Å². The minimum Gasteiger partial charge on any atom is -0.335 e. The predicted octanol–water partition coefficient (Wildman–Crippen LogP) is 3.79. The van der Waals surface area contributed by atoms with Gasteiger partial charge in [-0.15, -0.1) is 5.10 Å². The Morgan fingerprint density at radius 3 is 2.70 bits per heavy atom. The molecule has 1 fully saturated rings. The molecule has 136 valence electrons. The Morgan fingerprint density at radius 1 is 1.04 bits per heavy atom. The number of aryl methyl sites for hydroxylation is 2. The maximum atomic E-state index is 4.53. The van der Waals surface area contributed by atoms with E-state index in [1.807, 2.05) is 23.1 Å². The summed E-state index contributed by atoms with van der Waals surface area (Å²) in [4.78, 5) is 8.87. The first kappa shape index (κ1) is 16.2. The minimum absolute atomic E-state index is 0.271. The molecule has 0 spiro atoms. The van der Waals surface area contributed by atoms with Gasteiger partial charge in [-0.2, -0.15) is 0 Å². The van der Waals surface area contributed by atoms with Crippen LogP contribution in [0.1, 0.15) is 24.2 Å². The van der Waals surface area contributed by atoms with Crippen LogP contribution >= 0.6 is 0 Å². The third-order valence-corrected chi connectivity index (χ3v) is 5.67. The monoisotopic (exact) mass is 358 g/mol. The van der Waals surface area contributed by atoms with Crippen molar-refractivity contribution in [2.75, 3.05) is 0 Å². The second kappa shape index (κ2) is 6.01. The topological polar surface area (TPSA) is 61.4 Å². The van der Waals surface area contributed by atoms with Crippen molar-refractivity contribution in [3.8, 4) is 11.3 Å². The third-order valence-electron chi connectivity index (χ3n) is 5.67. The van der Waals surface area contributed by atoms with E-state index >= 15 is 0 Å². The molecule has 0 N–H and O–H groups in total. The maximum Gasteiger partial charge on any atom is 0.113 e. The fourth-order valence-electron chi connectivity index (χ4n) is 3.86. The van der Waals surface area contributed by atoms with E-state index in [0.717, 1.165) is 41.1 Å². The van der Waals surface area contributed by atoms with Crippen LogP contribution in [0.3, 0.4) is 0 Å².